The molecule has 0 fully saturated rings. The van der Waals surface area contributed by atoms with Gasteiger partial charge in [-0.25, -0.2) is 9.48 Å². The Balaban J connectivity index is 2.24. The van der Waals surface area contributed by atoms with E-state index in [1.165, 1.54) is 0 Å². The van der Waals surface area contributed by atoms with Gasteiger partial charge in [-0.3, -0.25) is 0 Å². The number of carboxylic acid groups (broad SMARTS) is 1. The van der Waals surface area contributed by atoms with Gasteiger partial charge in [0.2, 0.25) is 0 Å². The van der Waals surface area contributed by atoms with Gasteiger partial charge in [0, 0.05) is 12.1 Å². The molecule has 100 valence electrons. The molecule has 0 saturated carbocycles. The monoisotopic (exact) mass is 267 g/mol. The molecule has 0 spiro atoms. The Kier molecular flexibility index (Phi) is 2.95. The molecule has 0 aliphatic carbocycles. The Labute approximate surface area is 115 Å². The number of aryl methyl sites for hydroxylation is 1. The van der Waals surface area contributed by atoms with Crippen LogP contribution in [0.15, 0.2) is 42.5 Å². The molecule has 3 aromatic rings. The van der Waals surface area contributed by atoms with Crippen molar-refractivity contribution in [3.63, 3.8) is 0 Å². The molecule has 20 heavy (non-hydrogen) atoms. The van der Waals surface area contributed by atoms with Crippen LogP contribution in [0.3, 0.4) is 0 Å². The molecule has 0 radical (unpaired) electrons. The molecule has 3 rings (SSSR count). The number of nitrogens with zero attached hydrogens (tertiary/aromatic N) is 3. The van der Waals surface area contributed by atoms with Gasteiger partial charge in [-0.05, 0) is 23.8 Å². The smallest absolute Gasteiger partial charge is 0.358 e. The Morgan fingerprint density at radius 1 is 1.20 bits per heavy atom. The highest BCUT2D eigenvalue weighted by molar-refractivity contribution is 5.95. The number of aromatic nitrogens is 3. The zero-order valence-electron chi connectivity index (χ0n) is 10.9. The minimum atomic E-state index is -1.06. The molecule has 0 unspecified atom stereocenters. The number of carbonyl (C=O) groups is 1. The summed E-state index contributed by atoms with van der Waals surface area (Å²) in [7, 11) is 0. The van der Waals surface area contributed by atoms with Gasteiger partial charge in [0.1, 0.15) is 5.69 Å². The van der Waals surface area contributed by atoms with Crippen LogP contribution in [0.1, 0.15) is 17.4 Å². The quantitative estimate of drug-likeness (QED) is 0.792. The highest BCUT2D eigenvalue weighted by Gasteiger charge is 2.19. The molecule has 1 aromatic heterocycles. The van der Waals surface area contributed by atoms with Crippen molar-refractivity contribution in [1.29, 1.82) is 0 Å². The molecule has 1 N–H and O–H groups in total. The fourth-order valence-corrected chi connectivity index (χ4v) is 2.30. The maximum Gasteiger partial charge on any atom is 0.358 e. The first kappa shape index (κ1) is 12.3. The number of hydrogen-bond acceptors (Lipinski definition) is 3. The summed E-state index contributed by atoms with van der Waals surface area (Å²) >= 11 is 0. The average molecular weight is 267 g/mol. The Bertz CT molecular complexity index is 793. The summed E-state index contributed by atoms with van der Waals surface area (Å²) in [5.41, 5.74) is 1.35. The molecule has 5 nitrogen and oxygen atoms in total. The third kappa shape index (κ3) is 1.93. The maximum atomic E-state index is 11.3. The lowest BCUT2D eigenvalue weighted by Crippen LogP contribution is -2.03. The number of carboxylic acids is 1. The van der Waals surface area contributed by atoms with Gasteiger partial charge in [-0.1, -0.05) is 41.6 Å². The summed E-state index contributed by atoms with van der Waals surface area (Å²) in [5.74, 6) is -1.06. The number of benzene rings is 2. The van der Waals surface area contributed by atoms with Gasteiger partial charge in [0.25, 0.3) is 0 Å². The predicted molar refractivity (Wildman–Crippen MR) is 75.6 cm³/mol. The van der Waals surface area contributed by atoms with Crippen LogP contribution in [0.25, 0.3) is 22.0 Å². The minimum Gasteiger partial charge on any atom is -0.476 e. The van der Waals surface area contributed by atoms with Crippen molar-refractivity contribution in [1.82, 2.24) is 15.0 Å². The second-order valence-electron chi connectivity index (χ2n) is 4.47. The predicted octanol–water partition coefficient (Wildman–Crippen LogP) is 2.82. The van der Waals surface area contributed by atoms with E-state index in [4.69, 9.17) is 0 Å². The van der Waals surface area contributed by atoms with Crippen molar-refractivity contribution < 1.29 is 9.90 Å². The van der Waals surface area contributed by atoms with Crippen molar-refractivity contribution >= 4 is 16.7 Å². The van der Waals surface area contributed by atoms with E-state index in [2.05, 4.69) is 10.3 Å². The number of rotatable bonds is 3. The van der Waals surface area contributed by atoms with Gasteiger partial charge in [-0.2, -0.15) is 0 Å². The number of fused-ring (bicyclic) bond motifs is 1. The first-order valence-corrected chi connectivity index (χ1v) is 6.36. The normalized spacial score (nSPS) is 10.8. The number of aromatic carboxylic acids is 1. The van der Waals surface area contributed by atoms with Crippen LogP contribution in [-0.2, 0) is 6.54 Å². The fourth-order valence-electron chi connectivity index (χ4n) is 2.30. The van der Waals surface area contributed by atoms with Crippen molar-refractivity contribution in [2.75, 3.05) is 0 Å². The van der Waals surface area contributed by atoms with E-state index in [9.17, 15) is 9.90 Å². The van der Waals surface area contributed by atoms with Crippen molar-refractivity contribution in [2.45, 2.75) is 13.5 Å². The van der Waals surface area contributed by atoms with Crippen LogP contribution in [0, 0.1) is 0 Å². The zero-order chi connectivity index (χ0) is 14.1. The first-order chi connectivity index (χ1) is 9.70. The second kappa shape index (κ2) is 4.77. The second-order valence-corrected chi connectivity index (χ2v) is 4.47. The van der Waals surface area contributed by atoms with E-state index >= 15 is 0 Å². The van der Waals surface area contributed by atoms with E-state index in [1.807, 2.05) is 49.4 Å². The van der Waals surface area contributed by atoms with E-state index in [-0.39, 0.29) is 5.69 Å². The minimum absolute atomic E-state index is 0.0119. The lowest BCUT2D eigenvalue weighted by atomic mass is 10.0. The highest BCUT2D eigenvalue weighted by atomic mass is 16.4. The number of hydrogen-bond donors (Lipinski definition) is 1. The summed E-state index contributed by atoms with van der Waals surface area (Å²) in [6, 6.07) is 13.8. The van der Waals surface area contributed by atoms with Gasteiger partial charge < -0.3 is 5.11 Å². The van der Waals surface area contributed by atoms with E-state index < -0.39 is 5.97 Å². The van der Waals surface area contributed by atoms with Crippen molar-refractivity contribution in [3.8, 4) is 11.3 Å². The Hall–Kier alpha value is -2.69. The molecule has 0 amide bonds. The van der Waals surface area contributed by atoms with Crippen molar-refractivity contribution in [3.05, 3.63) is 48.2 Å². The summed E-state index contributed by atoms with van der Waals surface area (Å²) < 4.78 is 1.60. The van der Waals surface area contributed by atoms with Gasteiger partial charge in [-0.15, -0.1) is 5.10 Å². The third-order valence-corrected chi connectivity index (χ3v) is 3.26. The molecule has 0 aliphatic heterocycles. The summed E-state index contributed by atoms with van der Waals surface area (Å²) in [4.78, 5) is 11.3. The Morgan fingerprint density at radius 2 is 1.95 bits per heavy atom. The van der Waals surface area contributed by atoms with Crippen LogP contribution in [0.2, 0.25) is 0 Å². The van der Waals surface area contributed by atoms with Crippen LogP contribution in [-0.4, -0.2) is 26.1 Å². The molecule has 2 aromatic carbocycles. The lowest BCUT2D eigenvalue weighted by Gasteiger charge is -2.06. The Morgan fingerprint density at radius 3 is 2.65 bits per heavy atom. The van der Waals surface area contributed by atoms with Crippen molar-refractivity contribution in [2.24, 2.45) is 0 Å². The summed E-state index contributed by atoms with van der Waals surface area (Å²) in [6.45, 7) is 2.48. The third-order valence-electron chi connectivity index (χ3n) is 3.26. The van der Waals surface area contributed by atoms with E-state index in [1.54, 1.807) is 4.68 Å². The largest absolute Gasteiger partial charge is 0.476 e. The van der Waals surface area contributed by atoms with E-state index in [0.29, 0.717) is 12.2 Å². The molecule has 0 aliphatic rings. The molecular formula is C15H13N3O2. The first-order valence-electron chi connectivity index (χ1n) is 6.36. The van der Waals surface area contributed by atoms with Crippen LogP contribution in [0.4, 0.5) is 0 Å². The summed E-state index contributed by atoms with van der Waals surface area (Å²) in [5, 5.41) is 19.1. The highest BCUT2D eigenvalue weighted by Crippen LogP contribution is 2.26. The average Bonchev–Trinajstić information content (AvgIpc) is 2.90. The molecule has 0 atom stereocenters. The molecular weight excluding hydrogens is 254 g/mol. The standard InChI is InChI=1S/C15H13N3O2/c1-2-18-14(13(15(19)20)16-17-18)12-8-7-10-5-3-4-6-11(10)9-12/h3-9H,2H2,1H3,(H,19,20). The molecule has 0 saturated heterocycles. The van der Waals surface area contributed by atoms with Gasteiger partial charge in [0.05, 0.1) is 0 Å². The van der Waals surface area contributed by atoms with Crippen LogP contribution in [0.5, 0.6) is 0 Å². The van der Waals surface area contributed by atoms with Crippen LogP contribution < -0.4 is 0 Å². The van der Waals surface area contributed by atoms with Gasteiger partial charge in [0.15, 0.2) is 5.69 Å². The van der Waals surface area contributed by atoms with E-state index in [0.717, 1.165) is 16.3 Å². The topological polar surface area (TPSA) is 68.0 Å². The zero-order valence-corrected chi connectivity index (χ0v) is 10.9. The summed E-state index contributed by atoms with van der Waals surface area (Å²) in [6.07, 6.45) is 0. The molecule has 5 heteroatoms. The van der Waals surface area contributed by atoms with Gasteiger partial charge >= 0.3 is 5.97 Å². The lowest BCUT2D eigenvalue weighted by molar-refractivity contribution is 0.0691. The maximum absolute atomic E-state index is 11.3. The molecule has 0 bridgehead atoms. The van der Waals surface area contributed by atoms with Crippen LogP contribution >= 0.6 is 0 Å². The molecule has 1 heterocycles. The fraction of sp³-hybridized carbons (Fsp3) is 0.133. The SMILES string of the molecule is CCn1nnc(C(=O)O)c1-c1ccc2ccccc2c1.